The highest BCUT2D eigenvalue weighted by atomic mass is 15.1. The molecule has 2 heteroatoms. The minimum atomic E-state index is 1.22. The van der Waals surface area contributed by atoms with E-state index in [0.29, 0.717) is 0 Å². The molecular formula is C8H20BN. The van der Waals surface area contributed by atoms with Crippen LogP contribution in [0.15, 0.2) is 0 Å². The maximum atomic E-state index is 2.52. The molecule has 0 aromatic rings. The monoisotopic (exact) mass is 141 g/mol. The van der Waals surface area contributed by atoms with Gasteiger partial charge in [0, 0.05) is 0 Å². The number of rotatable bonds is 6. The van der Waals surface area contributed by atoms with E-state index in [2.05, 4.69) is 26.6 Å². The lowest BCUT2D eigenvalue weighted by Crippen LogP contribution is -2.25. The zero-order valence-corrected chi connectivity index (χ0v) is 7.69. The van der Waals surface area contributed by atoms with E-state index < -0.39 is 0 Å². The van der Waals surface area contributed by atoms with Crippen molar-refractivity contribution in [3.05, 3.63) is 0 Å². The second-order valence-electron chi connectivity index (χ2n) is 2.79. The summed E-state index contributed by atoms with van der Waals surface area (Å²) >= 11 is 0. The number of hydrogen-bond acceptors (Lipinski definition) is 1. The summed E-state index contributed by atoms with van der Waals surface area (Å²) in [6.07, 6.45) is 3.96. The zero-order chi connectivity index (χ0) is 7.82. The third kappa shape index (κ3) is 4.86. The average molecular weight is 141 g/mol. The Morgan fingerprint density at radius 3 is 2.30 bits per heavy atom. The molecule has 0 amide bonds. The molecule has 1 nitrogen and oxygen atoms in total. The van der Waals surface area contributed by atoms with Gasteiger partial charge in [-0.3, -0.25) is 0 Å². The van der Waals surface area contributed by atoms with Gasteiger partial charge >= 0.3 is 0 Å². The highest BCUT2D eigenvalue weighted by molar-refractivity contribution is 6.08. The third-order valence-corrected chi connectivity index (χ3v) is 1.81. The SMILES string of the molecule is BCCN(CC)CCCC. The summed E-state index contributed by atoms with van der Waals surface area (Å²) in [5, 5.41) is 0. The topological polar surface area (TPSA) is 3.24 Å². The minimum Gasteiger partial charge on any atom is -0.304 e. The molecule has 0 atom stereocenters. The summed E-state index contributed by atoms with van der Waals surface area (Å²) < 4.78 is 0. The van der Waals surface area contributed by atoms with Crippen molar-refractivity contribution in [2.45, 2.75) is 33.0 Å². The van der Waals surface area contributed by atoms with Crippen LogP contribution >= 0.6 is 0 Å². The fourth-order valence-electron chi connectivity index (χ4n) is 1.13. The van der Waals surface area contributed by atoms with Crippen LogP contribution < -0.4 is 0 Å². The van der Waals surface area contributed by atoms with Crippen LogP contribution in [0.25, 0.3) is 0 Å². The first-order valence-corrected chi connectivity index (χ1v) is 4.57. The van der Waals surface area contributed by atoms with E-state index >= 15 is 0 Å². The molecule has 0 aromatic carbocycles. The Morgan fingerprint density at radius 2 is 1.90 bits per heavy atom. The summed E-state index contributed by atoms with van der Waals surface area (Å²) in [7, 11) is 2.24. The molecule has 60 valence electrons. The molecule has 0 heterocycles. The van der Waals surface area contributed by atoms with Crippen molar-refractivity contribution in [2.24, 2.45) is 0 Å². The van der Waals surface area contributed by atoms with Gasteiger partial charge in [0.15, 0.2) is 0 Å². The van der Waals surface area contributed by atoms with Gasteiger partial charge < -0.3 is 4.90 Å². The van der Waals surface area contributed by atoms with Gasteiger partial charge in [-0.1, -0.05) is 26.6 Å². The summed E-state index contributed by atoms with van der Waals surface area (Å²) in [6.45, 7) is 8.27. The molecular weight excluding hydrogens is 121 g/mol. The van der Waals surface area contributed by atoms with Crippen LogP contribution in [-0.2, 0) is 0 Å². The molecule has 0 bridgehead atoms. The van der Waals surface area contributed by atoms with Crippen LogP contribution in [0.5, 0.6) is 0 Å². The Morgan fingerprint density at radius 1 is 1.20 bits per heavy atom. The van der Waals surface area contributed by atoms with Crippen molar-refractivity contribution in [1.29, 1.82) is 0 Å². The van der Waals surface area contributed by atoms with Gasteiger partial charge in [0.2, 0.25) is 0 Å². The molecule has 0 aliphatic carbocycles. The van der Waals surface area contributed by atoms with E-state index in [9.17, 15) is 0 Å². The van der Waals surface area contributed by atoms with E-state index in [0.717, 1.165) is 0 Å². The smallest absolute Gasteiger partial charge is 0.103 e. The summed E-state index contributed by atoms with van der Waals surface area (Å²) in [5.74, 6) is 0. The molecule has 0 radical (unpaired) electrons. The first-order chi connectivity index (χ1) is 4.85. The first-order valence-electron chi connectivity index (χ1n) is 4.57. The fraction of sp³-hybridized carbons (Fsp3) is 1.00. The Bertz CT molecular complexity index is 66.3. The largest absolute Gasteiger partial charge is 0.304 e. The van der Waals surface area contributed by atoms with E-state index in [-0.39, 0.29) is 0 Å². The van der Waals surface area contributed by atoms with Crippen LogP contribution in [0.3, 0.4) is 0 Å². The minimum absolute atomic E-state index is 1.22. The van der Waals surface area contributed by atoms with Crippen LogP contribution in [0.4, 0.5) is 0 Å². The third-order valence-electron chi connectivity index (χ3n) is 1.81. The molecule has 0 unspecified atom stereocenters. The molecule has 10 heavy (non-hydrogen) atoms. The average Bonchev–Trinajstić information content (AvgIpc) is 1.98. The molecule has 0 rings (SSSR count). The Hall–Kier alpha value is 0.0249. The van der Waals surface area contributed by atoms with Crippen LogP contribution in [0, 0.1) is 0 Å². The zero-order valence-electron chi connectivity index (χ0n) is 7.69. The number of hydrogen-bond donors (Lipinski definition) is 0. The second kappa shape index (κ2) is 7.14. The van der Waals surface area contributed by atoms with Gasteiger partial charge in [0.25, 0.3) is 0 Å². The molecule has 0 N–H and O–H groups in total. The van der Waals surface area contributed by atoms with Crippen molar-refractivity contribution in [2.75, 3.05) is 19.6 Å². The van der Waals surface area contributed by atoms with E-state index in [1.165, 1.54) is 38.8 Å². The van der Waals surface area contributed by atoms with Crippen LogP contribution in [-0.4, -0.2) is 32.4 Å². The van der Waals surface area contributed by atoms with Gasteiger partial charge in [-0.2, -0.15) is 0 Å². The molecule has 0 aliphatic rings. The predicted molar refractivity (Wildman–Crippen MR) is 50.4 cm³/mol. The van der Waals surface area contributed by atoms with E-state index in [4.69, 9.17) is 0 Å². The first kappa shape index (κ1) is 10.0. The highest BCUT2D eigenvalue weighted by Gasteiger charge is 1.97. The molecule has 0 aliphatic heterocycles. The van der Waals surface area contributed by atoms with Crippen molar-refractivity contribution in [3.63, 3.8) is 0 Å². The Kier molecular flexibility index (Phi) is 7.15. The molecule has 0 spiro atoms. The normalized spacial score (nSPS) is 10.7. The predicted octanol–water partition coefficient (Wildman–Crippen LogP) is 1.16. The lowest BCUT2D eigenvalue weighted by molar-refractivity contribution is 0.299. The van der Waals surface area contributed by atoms with Gasteiger partial charge in [-0.25, -0.2) is 0 Å². The van der Waals surface area contributed by atoms with Gasteiger partial charge in [-0.15, -0.1) is 0 Å². The summed E-state index contributed by atoms with van der Waals surface area (Å²) in [4.78, 5) is 2.52. The standard InChI is InChI=1S/C8H20BN/c1-3-5-7-10(4-2)8-6-9/h3-9H2,1-2H3. The van der Waals surface area contributed by atoms with E-state index in [1.54, 1.807) is 0 Å². The Balaban J connectivity index is 3.21. The molecule has 0 fully saturated rings. The van der Waals surface area contributed by atoms with Crippen LogP contribution in [0.1, 0.15) is 26.7 Å². The molecule has 0 aromatic heterocycles. The second-order valence-corrected chi connectivity index (χ2v) is 2.79. The molecule has 0 saturated carbocycles. The fourth-order valence-corrected chi connectivity index (χ4v) is 1.13. The van der Waals surface area contributed by atoms with Crippen LogP contribution in [0.2, 0.25) is 6.32 Å². The van der Waals surface area contributed by atoms with Gasteiger partial charge in [0.1, 0.15) is 7.85 Å². The highest BCUT2D eigenvalue weighted by Crippen LogP contribution is 1.94. The van der Waals surface area contributed by atoms with Gasteiger partial charge in [0.05, 0.1) is 0 Å². The lowest BCUT2D eigenvalue weighted by atomic mass is 10.1. The number of nitrogens with zero attached hydrogens (tertiary/aromatic N) is 1. The van der Waals surface area contributed by atoms with E-state index in [1.807, 2.05) is 0 Å². The Labute approximate surface area is 66.2 Å². The summed E-state index contributed by atoms with van der Waals surface area (Å²) in [5.41, 5.74) is 0. The van der Waals surface area contributed by atoms with Gasteiger partial charge in [-0.05, 0) is 26.1 Å². The maximum Gasteiger partial charge on any atom is 0.103 e. The van der Waals surface area contributed by atoms with Crippen molar-refractivity contribution < 1.29 is 0 Å². The number of unbranched alkanes of at least 4 members (excludes halogenated alkanes) is 1. The quantitative estimate of drug-likeness (QED) is 0.501. The van der Waals surface area contributed by atoms with Crippen molar-refractivity contribution in [3.8, 4) is 0 Å². The molecule has 0 saturated heterocycles. The van der Waals surface area contributed by atoms with Crippen molar-refractivity contribution >= 4 is 7.85 Å². The van der Waals surface area contributed by atoms with Crippen molar-refractivity contribution in [1.82, 2.24) is 4.90 Å². The maximum absolute atomic E-state index is 2.52. The summed E-state index contributed by atoms with van der Waals surface area (Å²) in [6, 6.07) is 0. The lowest BCUT2D eigenvalue weighted by Gasteiger charge is -2.18.